The van der Waals surface area contributed by atoms with Gasteiger partial charge in [0, 0.05) is 6.42 Å². The molecule has 0 aromatic rings. The minimum absolute atomic E-state index is 0.146. The highest BCUT2D eigenvalue weighted by atomic mass is 16.1. The van der Waals surface area contributed by atoms with Gasteiger partial charge in [-0.1, -0.05) is 58.8 Å². The zero-order chi connectivity index (χ0) is 11.5. The molecule has 1 unspecified atom stereocenters. The highest BCUT2D eigenvalue weighted by Gasteiger charge is 2.08. The van der Waals surface area contributed by atoms with Crippen LogP contribution in [0.5, 0.6) is 0 Å². The van der Waals surface area contributed by atoms with E-state index in [0.717, 1.165) is 6.42 Å². The molecule has 15 heavy (non-hydrogen) atoms. The van der Waals surface area contributed by atoms with E-state index in [1.165, 1.54) is 44.9 Å². The summed E-state index contributed by atoms with van der Waals surface area (Å²) in [4.78, 5) is 10.8. The maximum Gasteiger partial charge on any atom is 0.217 e. The van der Waals surface area contributed by atoms with E-state index in [1.807, 2.05) is 0 Å². The first-order chi connectivity index (χ1) is 7.20. The predicted molar refractivity (Wildman–Crippen MR) is 65.6 cm³/mol. The van der Waals surface area contributed by atoms with Gasteiger partial charge in [-0.15, -0.1) is 0 Å². The van der Waals surface area contributed by atoms with Crippen molar-refractivity contribution in [3.63, 3.8) is 0 Å². The van der Waals surface area contributed by atoms with Crippen molar-refractivity contribution in [2.24, 2.45) is 11.7 Å². The third-order valence-corrected chi connectivity index (χ3v) is 3.03. The topological polar surface area (TPSA) is 43.1 Å². The number of carbonyl (C=O) groups excluding carboxylic acids is 1. The van der Waals surface area contributed by atoms with E-state index in [9.17, 15) is 4.79 Å². The number of unbranched alkanes of at least 4 members (excludes halogenated alkanes) is 5. The fraction of sp³-hybridized carbons (Fsp3) is 0.923. The molecule has 2 heteroatoms. The Morgan fingerprint density at radius 2 is 1.67 bits per heavy atom. The van der Waals surface area contributed by atoms with Crippen LogP contribution in [0.25, 0.3) is 0 Å². The fourth-order valence-corrected chi connectivity index (χ4v) is 1.95. The number of amides is 1. The van der Waals surface area contributed by atoms with Crippen molar-refractivity contribution in [2.75, 3.05) is 0 Å². The second kappa shape index (κ2) is 10.0. The van der Waals surface area contributed by atoms with E-state index in [1.54, 1.807) is 0 Å². The van der Waals surface area contributed by atoms with Crippen LogP contribution in [0.3, 0.4) is 0 Å². The molecule has 0 bridgehead atoms. The lowest BCUT2D eigenvalue weighted by Crippen LogP contribution is -2.15. The lowest BCUT2D eigenvalue weighted by Gasteiger charge is -2.12. The summed E-state index contributed by atoms with van der Waals surface area (Å²) in [5, 5.41) is 0. The molecule has 0 saturated carbocycles. The standard InChI is InChI=1S/C13H27NO/c1-3-5-6-7-8-9-10-12(4-2)11-13(14)15/h12H,3-11H2,1-2H3,(H2,14,15). The number of hydrogen-bond donors (Lipinski definition) is 1. The summed E-state index contributed by atoms with van der Waals surface area (Å²) in [6, 6.07) is 0. The van der Waals surface area contributed by atoms with E-state index >= 15 is 0 Å². The second-order valence-electron chi connectivity index (χ2n) is 4.50. The number of nitrogens with two attached hydrogens (primary N) is 1. The van der Waals surface area contributed by atoms with Crippen LogP contribution in [0.4, 0.5) is 0 Å². The van der Waals surface area contributed by atoms with Crippen LogP contribution in [-0.4, -0.2) is 5.91 Å². The van der Waals surface area contributed by atoms with Crippen molar-refractivity contribution in [3.05, 3.63) is 0 Å². The summed E-state index contributed by atoms with van der Waals surface area (Å²) in [5.41, 5.74) is 5.20. The van der Waals surface area contributed by atoms with Crippen LogP contribution in [0, 0.1) is 5.92 Å². The minimum Gasteiger partial charge on any atom is -0.370 e. The Bertz CT molecular complexity index is 157. The van der Waals surface area contributed by atoms with Crippen LogP contribution < -0.4 is 5.73 Å². The Morgan fingerprint density at radius 1 is 1.07 bits per heavy atom. The van der Waals surface area contributed by atoms with Gasteiger partial charge >= 0.3 is 0 Å². The molecule has 0 aromatic carbocycles. The third-order valence-electron chi connectivity index (χ3n) is 3.03. The Labute approximate surface area is 94.6 Å². The lowest BCUT2D eigenvalue weighted by molar-refractivity contribution is -0.119. The maximum absolute atomic E-state index is 10.8. The summed E-state index contributed by atoms with van der Waals surface area (Å²) < 4.78 is 0. The first kappa shape index (κ1) is 14.5. The van der Waals surface area contributed by atoms with Gasteiger partial charge in [-0.05, 0) is 12.3 Å². The maximum atomic E-state index is 10.8. The van der Waals surface area contributed by atoms with E-state index in [-0.39, 0.29) is 5.91 Å². The summed E-state index contributed by atoms with van der Waals surface area (Å²) in [5.74, 6) is 0.376. The van der Waals surface area contributed by atoms with Gasteiger partial charge in [0.2, 0.25) is 5.91 Å². The third kappa shape index (κ3) is 9.77. The van der Waals surface area contributed by atoms with Crippen molar-refractivity contribution in [3.8, 4) is 0 Å². The zero-order valence-electron chi connectivity index (χ0n) is 10.4. The molecule has 0 radical (unpaired) electrons. The van der Waals surface area contributed by atoms with Crippen molar-refractivity contribution < 1.29 is 4.79 Å². The Kier molecular flexibility index (Phi) is 9.65. The summed E-state index contributed by atoms with van der Waals surface area (Å²) >= 11 is 0. The van der Waals surface area contributed by atoms with Crippen LogP contribution in [-0.2, 0) is 4.79 Å². The predicted octanol–water partition coefficient (Wildman–Crippen LogP) is 3.64. The first-order valence-electron chi connectivity index (χ1n) is 6.49. The number of primary amides is 1. The average Bonchev–Trinajstić information content (AvgIpc) is 2.20. The molecule has 1 amide bonds. The van der Waals surface area contributed by atoms with E-state index in [2.05, 4.69) is 13.8 Å². The Balaban J connectivity index is 3.34. The summed E-state index contributed by atoms with van der Waals surface area (Å²) in [6.45, 7) is 4.38. The van der Waals surface area contributed by atoms with Crippen molar-refractivity contribution in [1.29, 1.82) is 0 Å². The molecule has 0 heterocycles. The van der Waals surface area contributed by atoms with Crippen molar-refractivity contribution in [2.45, 2.75) is 71.6 Å². The van der Waals surface area contributed by atoms with Gasteiger partial charge in [0.25, 0.3) is 0 Å². The highest BCUT2D eigenvalue weighted by molar-refractivity contribution is 5.73. The van der Waals surface area contributed by atoms with Gasteiger partial charge in [-0.25, -0.2) is 0 Å². The molecule has 0 aliphatic heterocycles. The van der Waals surface area contributed by atoms with E-state index < -0.39 is 0 Å². The van der Waals surface area contributed by atoms with E-state index in [4.69, 9.17) is 5.73 Å². The molecular formula is C13H27NO. The van der Waals surface area contributed by atoms with Gasteiger partial charge in [-0.2, -0.15) is 0 Å². The molecule has 0 aromatic heterocycles. The van der Waals surface area contributed by atoms with Crippen LogP contribution in [0.1, 0.15) is 71.6 Å². The van der Waals surface area contributed by atoms with Gasteiger partial charge in [0.05, 0.1) is 0 Å². The van der Waals surface area contributed by atoms with E-state index in [0.29, 0.717) is 12.3 Å². The van der Waals surface area contributed by atoms with Gasteiger partial charge in [0.1, 0.15) is 0 Å². The van der Waals surface area contributed by atoms with Crippen molar-refractivity contribution in [1.82, 2.24) is 0 Å². The summed E-state index contributed by atoms with van der Waals surface area (Å²) in [7, 11) is 0. The lowest BCUT2D eigenvalue weighted by atomic mass is 9.94. The molecule has 0 aliphatic rings. The molecule has 2 nitrogen and oxygen atoms in total. The molecule has 0 saturated heterocycles. The fourth-order valence-electron chi connectivity index (χ4n) is 1.95. The van der Waals surface area contributed by atoms with Gasteiger partial charge in [0.15, 0.2) is 0 Å². The minimum atomic E-state index is -0.146. The second-order valence-corrected chi connectivity index (χ2v) is 4.50. The van der Waals surface area contributed by atoms with Crippen LogP contribution in [0.2, 0.25) is 0 Å². The quantitative estimate of drug-likeness (QED) is 0.553. The summed E-state index contributed by atoms with van der Waals surface area (Å²) in [6.07, 6.45) is 10.8. The largest absolute Gasteiger partial charge is 0.370 e. The molecule has 0 spiro atoms. The van der Waals surface area contributed by atoms with Gasteiger partial charge in [-0.3, -0.25) is 4.79 Å². The molecule has 90 valence electrons. The molecule has 1 atom stereocenters. The SMILES string of the molecule is CCCCCCCCC(CC)CC(N)=O. The number of carbonyl (C=O) groups is 1. The van der Waals surface area contributed by atoms with Gasteiger partial charge < -0.3 is 5.73 Å². The monoisotopic (exact) mass is 213 g/mol. The van der Waals surface area contributed by atoms with Crippen LogP contribution in [0.15, 0.2) is 0 Å². The highest BCUT2D eigenvalue weighted by Crippen LogP contribution is 2.17. The van der Waals surface area contributed by atoms with Crippen LogP contribution >= 0.6 is 0 Å². The molecule has 0 rings (SSSR count). The number of hydrogen-bond acceptors (Lipinski definition) is 1. The Hall–Kier alpha value is -0.530. The Morgan fingerprint density at radius 3 is 2.20 bits per heavy atom. The van der Waals surface area contributed by atoms with Crippen molar-refractivity contribution >= 4 is 5.91 Å². The zero-order valence-corrected chi connectivity index (χ0v) is 10.4. The molecule has 0 fully saturated rings. The first-order valence-corrected chi connectivity index (χ1v) is 6.49. The molecule has 2 N–H and O–H groups in total. The average molecular weight is 213 g/mol. The molecular weight excluding hydrogens is 186 g/mol. The number of rotatable bonds is 10. The smallest absolute Gasteiger partial charge is 0.217 e. The molecule has 0 aliphatic carbocycles. The normalized spacial score (nSPS) is 12.7.